The Hall–Kier alpha value is -2.61. The second kappa shape index (κ2) is 8.85. The first-order chi connectivity index (χ1) is 13.0. The molecule has 1 amide bonds. The number of anilines is 1. The zero-order chi connectivity index (χ0) is 19.2. The van der Waals surface area contributed by atoms with Gasteiger partial charge in [-0.1, -0.05) is 26.0 Å². The van der Waals surface area contributed by atoms with Crippen LogP contribution in [-0.4, -0.2) is 25.5 Å². The second-order valence-electron chi connectivity index (χ2n) is 6.31. The molecule has 8 heteroatoms. The van der Waals surface area contributed by atoms with Crippen molar-refractivity contribution in [2.24, 2.45) is 5.92 Å². The van der Waals surface area contributed by atoms with Gasteiger partial charge in [-0.05, 0) is 40.0 Å². The van der Waals surface area contributed by atoms with Crippen molar-refractivity contribution in [1.29, 1.82) is 0 Å². The summed E-state index contributed by atoms with van der Waals surface area (Å²) >= 11 is 3.35. The van der Waals surface area contributed by atoms with Crippen LogP contribution in [0, 0.1) is 5.92 Å². The number of amides is 1. The van der Waals surface area contributed by atoms with E-state index in [4.69, 9.17) is 4.74 Å². The molecule has 0 aliphatic carbocycles. The lowest BCUT2D eigenvalue weighted by Gasteiger charge is -2.11. The molecule has 7 nitrogen and oxygen atoms in total. The van der Waals surface area contributed by atoms with E-state index in [-0.39, 0.29) is 18.6 Å². The number of hydrogen-bond donors (Lipinski definition) is 1. The van der Waals surface area contributed by atoms with E-state index in [1.807, 2.05) is 37.4 Å². The molecule has 0 radical (unpaired) electrons. The Labute approximate surface area is 166 Å². The number of nitrogens with one attached hydrogen (secondary N) is 1. The van der Waals surface area contributed by atoms with Crippen LogP contribution >= 0.6 is 15.9 Å². The van der Waals surface area contributed by atoms with Gasteiger partial charge in [0, 0.05) is 6.20 Å². The van der Waals surface area contributed by atoms with Crippen molar-refractivity contribution in [1.82, 2.24) is 19.6 Å². The first-order valence-electron chi connectivity index (χ1n) is 8.76. The summed E-state index contributed by atoms with van der Waals surface area (Å²) in [6.45, 7) is 4.75. The van der Waals surface area contributed by atoms with Gasteiger partial charge in [0.25, 0.3) is 0 Å². The Morgan fingerprint density at radius 2 is 1.93 bits per heavy atom. The fourth-order valence-corrected chi connectivity index (χ4v) is 2.86. The zero-order valence-corrected chi connectivity index (χ0v) is 16.9. The molecule has 3 aromatic rings. The molecule has 2 heterocycles. The fourth-order valence-electron chi connectivity index (χ4n) is 2.53. The van der Waals surface area contributed by atoms with E-state index >= 15 is 0 Å². The summed E-state index contributed by atoms with van der Waals surface area (Å²) in [4.78, 5) is 12.3. The number of benzene rings is 1. The summed E-state index contributed by atoms with van der Waals surface area (Å²) in [5.41, 5.74) is 1.90. The molecule has 0 fully saturated rings. The molecular weight excluding hydrogens is 410 g/mol. The maximum Gasteiger partial charge on any atom is 0.229 e. The molecule has 0 aliphatic rings. The minimum absolute atomic E-state index is 0.0859. The van der Waals surface area contributed by atoms with Gasteiger partial charge in [-0.2, -0.15) is 10.2 Å². The van der Waals surface area contributed by atoms with Crippen LogP contribution in [0.25, 0.3) is 0 Å². The number of carbonyl (C=O) groups excluding carboxylic acids is 1. The Kier molecular flexibility index (Phi) is 6.28. The molecule has 0 saturated carbocycles. The van der Waals surface area contributed by atoms with E-state index in [0.717, 1.165) is 16.6 Å². The lowest BCUT2D eigenvalue weighted by molar-refractivity contribution is -0.119. The molecular formula is C19H22BrN5O2. The fraction of sp³-hybridized carbons (Fsp3) is 0.316. The molecule has 0 aliphatic heterocycles. The average Bonchev–Trinajstić information content (AvgIpc) is 3.29. The molecule has 2 aromatic heterocycles. The van der Waals surface area contributed by atoms with Crippen molar-refractivity contribution in [2.75, 3.05) is 5.32 Å². The van der Waals surface area contributed by atoms with Gasteiger partial charge in [0.05, 0.1) is 41.2 Å². The number of carbonyl (C=O) groups is 1. The van der Waals surface area contributed by atoms with Crippen LogP contribution in [0.5, 0.6) is 5.75 Å². The van der Waals surface area contributed by atoms with Crippen LogP contribution < -0.4 is 10.1 Å². The molecule has 0 bridgehead atoms. The summed E-state index contributed by atoms with van der Waals surface area (Å²) in [6, 6.07) is 7.98. The van der Waals surface area contributed by atoms with Crippen LogP contribution in [0.3, 0.4) is 0 Å². The molecule has 1 atom stereocenters. The monoisotopic (exact) mass is 431 g/mol. The Balaban J connectivity index is 1.49. The summed E-state index contributed by atoms with van der Waals surface area (Å²) in [5.74, 6) is 0.470. The van der Waals surface area contributed by atoms with E-state index in [2.05, 4.69) is 38.4 Å². The number of aryl methyl sites for hydroxylation is 1. The Bertz CT molecular complexity index is 888. The lowest BCUT2D eigenvalue weighted by atomic mass is 10.1. The number of nitrogens with zero attached hydrogens (tertiary/aromatic N) is 4. The van der Waals surface area contributed by atoms with E-state index < -0.39 is 0 Å². The minimum Gasteiger partial charge on any atom is -0.471 e. The normalized spacial score (nSPS) is 12.0. The largest absolute Gasteiger partial charge is 0.471 e. The first kappa shape index (κ1) is 19.2. The third-order valence-corrected chi connectivity index (χ3v) is 4.52. The van der Waals surface area contributed by atoms with Crippen molar-refractivity contribution in [3.8, 4) is 5.75 Å². The highest BCUT2D eigenvalue weighted by molar-refractivity contribution is 9.10. The van der Waals surface area contributed by atoms with E-state index in [1.165, 1.54) is 5.56 Å². The highest BCUT2D eigenvalue weighted by Crippen LogP contribution is 2.14. The quantitative estimate of drug-likeness (QED) is 0.589. The minimum atomic E-state index is -0.228. The maximum absolute atomic E-state index is 12.3. The molecule has 142 valence electrons. The molecule has 3 rings (SSSR count). The van der Waals surface area contributed by atoms with Crippen molar-refractivity contribution >= 4 is 27.5 Å². The van der Waals surface area contributed by atoms with Crippen LogP contribution in [0.15, 0.2) is 53.5 Å². The third kappa shape index (κ3) is 5.43. The molecule has 27 heavy (non-hydrogen) atoms. The van der Waals surface area contributed by atoms with Crippen molar-refractivity contribution < 1.29 is 9.53 Å². The second-order valence-corrected chi connectivity index (χ2v) is 7.23. The molecule has 0 saturated heterocycles. The molecule has 1 unspecified atom stereocenters. The zero-order valence-electron chi connectivity index (χ0n) is 15.3. The van der Waals surface area contributed by atoms with Gasteiger partial charge in [-0.25, -0.2) is 4.68 Å². The predicted molar refractivity (Wildman–Crippen MR) is 106 cm³/mol. The summed E-state index contributed by atoms with van der Waals surface area (Å²) < 4.78 is 9.97. The topological polar surface area (TPSA) is 74.0 Å². The van der Waals surface area contributed by atoms with Gasteiger partial charge in [-0.15, -0.1) is 0 Å². The summed E-state index contributed by atoms with van der Waals surface area (Å²) in [5, 5.41) is 11.3. The van der Waals surface area contributed by atoms with Gasteiger partial charge >= 0.3 is 0 Å². The van der Waals surface area contributed by atoms with E-state index in [1.54, 1.807) is 28.0 Å². The highest BCUT2D eigenvalue weighted by atomic mass is 79.9. The van der Waals surface area contributed by atoms with Crippen molar-refractivity contribution in [3.05, 3.63) is 59.1 Å². The molecule has 1 aromatic carbocycles. The van der Waals surface area contributed by atoms with Crippen LogP contribution in [0.4, 0.5) is 5.69 Å². The Morgan fingerprint density at radius 1 is 1.19 bits per heavy atom. The van der Waals surface area contributed by atoms with Crippen molar-refractivity contribution in [2.45, 2.75) is 33.5 Å². The highest BCUT2D eigenvalue weighted by Gasteiger charge is 2.15. The maximum atomic E-state index is 12.3. The van der Waals surface area contributed by atoms with Crippen LogP contribution in [-0.2, 0) is 24.5 Å². The lowest BCUT2D eigenvalue weighted by Crippen LogP contribution is -2.24. The van der Waals surface area contributed by atoms with Gasteiger partial charge in [0.15, 0.2) is 6.73 Å². The summed E-state index contributed by atoms with van der Waals surface area (Å²) in [7, 11) is 0. The number of aromatic nitrogens is 4. The van der Waals surface area contributed by atoms with Gasteiger partial charge < -0.3 is 10.1 Å². The molecule has 1 N–H and O–H groups in total. The van der Waals surface area contributed by atoms with Gasteiger partial charge in [0.1, 0.15) is 5.75 Å². The van der Waals surface area contributed by atoms with E-state index in [9.17, 15) is 4.79 Å². The van der Waals surface area contributed by atoms with Crippen LogP contribution in [0.2, 0.25) is 0 Å². The van der Waals surface area contributed by atoms with Gasteiger partial charge in [-0.3, -0.25) is 9.48 Å². The van der Waals surface area contributed by atoms with Gasteiger partial charge in [0.2, 0.25) is 5.91 Å². The third-order valence-electron chi connectivity index (χ3n) is 4.11. The average molecular weight is 432 g/mol. The number of rotatable bonds is 8. The molecule has 0 spiro atoms. The SMILES string of the molecule is CCc1ccc(OCn2cc(NC(=O)C(C)Cn3cc(Br)cn3)cn2)cc1. The summed E-state index contributed by atoms with van der Waals surface area (Å²) in [6.07, 6.45) is 7.89. The number of ether oxygens (including phenoxy) is 1. The standard InChI is InChI=1S/C19H22BrN5O2/c1-3-15-4-6-18(7-5-15)27-13-25-12-17(9-22-25)23-19(26)14(2)10-24-11-16(20)8-21-24/h4-9,11-12,14H,3,10,13H2,1-2H3,(H,23,26). The first-order valence-corrected chi connectivity index (χ1v) is 9.56. The van der Waals surface area contributed by atoms with Crippen LogP contribution in [0.1, 0.15) is 19.4 Å². The van der Waals surface area contributed by atoms with E-state index in [0.29, 0.717) is 12.2 Å². The Morgan fingerprint density at radius 3 is 2.59 bits per heavy atom. The number of hydrogen-bond acceptors (Lipinski definition) is 4. The number of halogens is 1. The predicted octanol–water partition coefficient (Wildman–Crippen LogP) is 3.72. The smallest absolute Gasteiger partial charge is 0.229 e. The van der Waals surface area contributed by atoms with Crippen molar-refractivity contribution in [3.63, 3.8) is 0 Å².